The topological polar surface area (TPSA) is 66.6 Å². The van der Waals surface area contributed by atoms with E-state index in [9.17, 15) is 4.79 Å². The molecule has 1 heterocycles. The molecule has 0 aliphatic carbocycles. The monoisotopic (exact) mass is 411 g/mol. The fourth-order valence-corrected chi connectivity index (χ4v) is 2.60. The Balaban J connectivity index is 1.50. The van der Waals surface area contributed by atoms with Crippen LogP contribution in [0.1, 0.15) is 11.3 Å². The van der Waals surface area contributed by atoms with Crippen LogP contribution in [-0.2, 0) is 4.79 Å². The summed E-state index contributed by atoms with van der Waals surface area (Å²) in [6, 6.07) is 19.3. The molecule has 5 nitrogen and oxygen atoms in total. The Bertz CT molecular complexity index is 917. The maximum absolute atomic E-state index is 11.8. The summed E-state index contributed by atoms with van der Waals surface area (Å²) in [5.74, 6) is 1.07. The van der Waals surface area contributed by atoms with Crippen molar-refractivity contribution in [2.75, 3.05) is 11.9 Å². The Morgan fingerprint density at radius 2 is 1.96 bits per heavy atom. The molecule has 132 valence electrons. The van der Waals surface area contributed by atoms with Gasteiger partial charge in [0.2, 0.25) is 0 Å². The van der Waals surface area contributed by atoms with Crippen LogP contribution in [0.4, 0.5) is 5.69 Å². The Kier molecular flexibility index (Phi) is 5.86. The van der Waals surface area contributed by atoms with Gasteiger partial charge in [-0.25, -0.2) is 5.43 Å². The Labute approximate surface area is 160 Å². The molecule has 2 aromatic carbocycles. The highest BCUT2D eigenvalue weighted by Crippen LogP contribution is 2.23. The van der Waals surface area contributed by atoms with Crippen molar-refractivity contribution in [3.05, 3.63) is 76.5 Å². The minimum absolute atomic E-state index is 0.142. The molecule has 0 unspecified atom stereocenters. The normalized spacial score (nSPS) is 10.8. The number of carbonyl (C=O) groups excluding carboxylic acids is 1. The van der Waals surface area contributed by atoms with Crippen LogP contribution in [0, 0.1) is 6.92 Å². The molecule has 0 atom stereocenters. The van der Waals surface area contributed by atoms with Crippen LogP contribution in [0.15, 0.2) is 74.7 Å². The number of carbonyl (C=O) groups is 1. The zero-order chi connectivity index (χ0) is 18.4. The number of hydrogen-bond acceptors (Lipinski definition) is 4. The van der Waals surface area contributed by atoms with Crippen LogP contribution in [0.3, 0.4) is 0 Å². The highest BCUT2D eigenvalue weighted by molar-refractivity contribution is 9.10. The van der Waals surface area contributed by atoms with E-state index in [2.05, 4.69) is 31.8 Å². The summed E-state index contributed by atoms with van der Waals surface area (Å²) >= 11 is 3.40. The molecule has 0 radical (unpaired) electrons. The third kappa shape index (κ3) is 5.07. The highest BCUT2D eigenvalue weighted by atomic mass is 79.9. The number of nitrogens with zero attached hydrogens (tertiary/aromatic N) is 1. The van der Waals surface area contributed by atoms with Gasteiger partial charge in [0.25, 0.3) is 5.91 Å². The fraction of sp³-hybridized carbons (Fsp3) is 0.100. The van der Waals surface area contributed by atoms with E-state index in [-0.39, 0.29) is 12.5 Å². The summed E-state index contributed by atoms with van der Waals surface area (Å²) in [6.45, 7) is 2.14. The lowest BCUT2D eigenvalue weighted by Crippen LogP contribution is -2.25. The number of aryl methyl sites for hydroxylation is 1. The molecule has 3 aromatic rings. The van der Waals surface area contributed by atoms with Crippen LogP contribution >= 0.6 is 15.9 Å². The van der Waals surface area contributed by atoms with Gasteiger partial charge < -0.3 is 9.73 Å². The average Bonchev–Trinajstić information content (AvgIpc) is 3.09. The molecule has 1 amide bonds. The molecule has 1 aromatic heterocycles. The lowest BCUT2D eigenvalue weighted by molar-refractivity contribution is -0.119. The molecule has 0 bridgehead atoms. The van der Waals surface area contributed by atoms with E-state index in [0.717, 1.165) is 27.0 Å². The molecule has 0 fully saturated rings. The Morgan fingerprint density at radius 1 is 1.15 bits per heavy atom. The Morgan fingerprint density at radius 3 is 2.73 bits per heavy atom. The van der Waals surface area contributed by atoms with Crippen molar-refractivity contribution in [2.45, 2.75) is 6.92 Å². The van der Waals surface area contributed by atoms with Gasteiger partial charge in [-0.1, -0.05) is 40.2 Å². The van der Waals surface area contributed by atoms with Crippen molar-refractivity contribution in [3.63, 3.8) is 0 Å². The van der Waals surface area contributed by atoms with Crippen molar-refractivity contribution in [2.24, 2.45) is 5.10 Å². The molecule has 0 spiro atoms. The quantitative estimate of drug-likeness (QED) is 0.460. The third-order valence-corrected chi connectivity index (χ3v) is 4.14. The second-order valence-corrected chi connectivity index (χ2v) is 6.64. The first kappa shape index (κ1) is 17.9. The molecule has 26 heavy (non-hydrogen) atoms. The number of halogens is 1. The van der Waals surface area contributed by atoms with Gasteiger partial charge in [-0.05, 0) is 48.9 Å². The maximum atomic E-state index is 11.8. The first-order valence-electron chi connectivity index (χ1n) is 8.08. The third-order valence-electron chi connectivity index (χ3n) is 3.61. The van der Waals surface area contributed by atoms with E-state index < -0.39 is 0 Å². The van der Waals surface area contributed by atoms with Crippen LogP contribution in [-0.4, -0.2) is 18.7 Å². The van der Waals surface area contributed by atoms with E-state index in [1.54, 1.807) is 6.07 Å². The SMILES string of the molecule is Cc1cccc(NCC(=O)N/N=C\c2ccc(-c3ccc(Br)cc3)o2)c1. The van der Waals surface area contributed by atoms with Crippen LogP contribution in [0.2, 0.25) is 0 Å². The Hall–Kier alpha value is -2.86. The van der Waals surface area contributed by atoms with Gasteiger partial charge in [0.1, 0.15) is 11.5 Å². The number of benzene rings is 2. The number of amides is 1. The van der Waals surface area contributed by atoms with Gasteiger partial charge in [-0.15, -0.1) is 0 Å². The molecular formula is C20H18BrN3O2. The van der Waals surface area contributed by atoms with Crippen molar-refractivity contribution in [1.82, 2.24) is 5.43 Å². The minimum atomic E-state index is -0.234. The van der Waals surface area contributed by atoms with E-state index in [1.807, 2.05) is 61.5 Å². The lowest BCUT2D eigenvalue weighted by Gasteiger charge is -2.05. The average molecular weight is 412 g/mol. The van der Waals surface area contributed by atoms with E-state index in [1.165, 1.54) is 6.21 Å². The van der Waals surface area contributed by atoms with E-state index >= 15 is 0 Å². The van der Waals surface area contributed by atoms with E-state index in [0.29, 0.717) is 5.76 Å². The molecule has 2 N–H and O–H groups in total. The molecule has 0 aliphatic rings. The van der Waals surface area contributed by atoms with Gasteiger partial charge in [-0.2, -0.15) is 5.10 Å². The molecule has 0 saturated carbocycles. The number of nitrogens with one attached hydrogen (secondary N) is 2. The standard InChI is InChI=1S/C20H18BrN3O2/c1-14-3-2-4-17(11-14)22-13-20(25)24-23-12-18-9-10-19(26-18)15-5-7-16(21)8-6-15/h2-12,22H,13H2,1H3,(H,24,25)/b23-12-. The zero-order valence-electron chi connectivity index (χ0n) is 14.2. The van der Waals surface area contributed by atoms with Crippen LogP contribution in [0.25, 0.3) is 11.3 Å². The summed E-state index contributed by atoms with van der Waals surface area (Å²) < 4.78 is 6.71. The predicted octanol–water partition coefficient (Wildman–Crippen LogP) is 4.58. The summed E-state index contributed by atoms with van der Waals surface area (Å²) in [4.78, 5) is 11.8. The summed E-state index contributed by atoms with van der Waals surface area (Å²) in [6.07, 6.45) is 1.48. The number of rotatable bonds is 6. The first-order chi connectivity index (χ1) is 12.6. The molecule has 3 rings (SSSR count). The number of hydrazone groups is 1. The van der Waals surface area contributed by atoms with Crippen LogP contribution < -0.4 is 10.7 Å². The van der Waals surface area contributed by atoms with Gasteiger partial charge in [-0.3, -0.25) is 4.79 Å². The van der Waals surface area contributed by atoms with Gasteiger partial charge >= 0.3 is 0 Å². The van der Waals surface area contributed by atoms with Crippen molar-refractivity contribution in [3.8, 4) is 11.3 Å². The molecule has 6 heteroatoms. The zero-order valence-corrected chi connectivity index (χ0v) is 15.8. The smallest absolute Gasteiger partial charge is 0.259 e. The molecule has 0 aliphatic heterocycles. The van der Waals surface area contributed by atoms with Crippen molar-refractivity contribution < 1.29 is 9.21 Å². The first-order valence-corrected chi connectivity index (χ1v) is 8.88. The maximum Gasteiger partial charge on any atom is 0.259 e. The molecule has 0 saturated heterocycles. The number of furan rings is 1. The van der Waals surface area contributed by atoms with Crippen LogP contribution in [0.5, 0.6) is 0 Å². The van der Waals surface area contributed by atoms with Gasteiger partial charge in [0, 0.05) is 15.7 Å². The second kappa shape index (κ2) is 8.49. The second-order valence-electron chi connectivity index (χ2n) is 5.73. The molecular weight excluding hydrogens is 394 g/mol. The summed E-state index contributed by atoms with van der Waals surface area (Å²) in [5, 5.41) is 6.98. The summed E-state index contributed by atoms with van der Waals surface area (Å²) in [7, 11) is 0. The fourth-order valence-electron chi connectivity index (χ4n) is 2.34. The van der Waals surface area contributed by atoms with Crippen molar-refractivity contribution >= 4 is 33.7 Å². The van der Waals surface area contributed by atoms with Gasteiger partial charge in [0.15, 0.2) is 0 Å². The largest absolute Gasteiger partial charge is 0.455 e. The predicted molar refractivity (Wildman–Crippen MR) is 107 cm³/mol. The lowest BCUT2D eigenvalue weighted by atomic mass is 10.2. The summed E-state index contributed by atoms with van der Waals surface area (Å²) in [5.41, 5.74) is 5.48. The van der Waals surface area contributed by atoms with Gasteiger partial charge in [0.05, 0.1) is 12.8 Å². The number of anilines is 1. The van der Waals surface area contributed by atoms with E-state index in [4.69, 9.17) is 4.42 Å². The van der Waals surface area contributed by atoms with Crippen molar-refractivity contribution in [1.29, 1.82) is 0 Å². The minimum Gasteiger partial charge on any atom is -0.455 e. The highest BCUT2D eigenvalue weighted by Gasteiger charge is 2.04. The number of hydrogen-bond donors (Lipinski definition) is 2.